The van der Waals surface area contributed by atoms with Crippen LogP contribution in [0.15, 0.2) is 245 Å². The minimum absolute atomic E-state index is 0.862. The van der Waals surface area contributed by atoms with Crippen LogP contribution >= 0.6 is 0 Å². The number of hydrogen-bond donors (Lipinski definition) is 0. The maximum atomic E-state index is 6.46. The highest BCUT2D eigenvalue weighted by molar-refractivity contribution is 7.19. The summed E-state index contributed by atoms with van der Waals surface area (Å²) < 4.78 is 12.7. The first-order valence-electron chi connectivity index (χ1n) is 21.2. The summed E-state index contributed by atoms with van der Waals surface area (Å²) in [6, 6.07) is 85.7. The van der Waals surface area contributed by atoms with E-state index in [1.165, 1.54) is 42.5 Å². The average Bonchev–Trinajstić information content (AvgIpc) is 3.92. The van der Waals surface area contributed by atoms with Crippen LogP contribution in [-0.4, -0.2) is 8.07 Å². The van der Waals surface area contributed by atoms with E-state index in [2.05, 4.69) is 217 Å². The van der Waals surface area contributed by atoms with E-state index in [0.717, 1.165) is 61.1 Å². The minimum atomic E-state index is -2.70. The van der Waals surface area contributed by atoms with E-state index in [4.69, 9.17) is 8.83 Å². The Bertz CT molecular complexity index is 3460. The molecule has 0 bridgehead atoms. The number of fused-ring (bicyclic) bond motifs is 8. The third-order valence-corrected chi connectivity index (χ3v) is 17.4. The van der Waals surface area contributed by atoms with Gasteiger partial charge >= 0.3 is 0 Å². The van der Waals surface area contributed by atoms with Crippen LogP contribution in [0.3, 0.4) is 0 Å². The van der Waals surface area contributed by atoms with Crippen molar-refractivity contribution in [1.82, 2.24) is 0 Å². The number of nitrogens with zero attached hydrogens (tertiary/aromatic N) is 1. The lowest BCUT2D eigenvalue weighted by Crippen LogP contribution is -2.74. The molecule has 0 fully saturated rings. The molecule has 0 aliphatic carbocycles. The second-order valence-electron chi connectivity index (χ2n) is 16.0. The number of para-hydroxylation sites is 2. The maximum absolute atomic E-state index is 6.46. The van der Waals surface area contributed by atoms with Crippen molar-refractivity contribution < 1.29 is 8.83 Å². The fourth-order valence-corrected chi connectivity index (χ4v) is 14.5. The van der Waals surface area contributed by atoms with Gasteiger partial charge in [0.15, 0.2) is 8.07 Å². The van der Waals surface area contributed by atoms with Crippen molar-refractivity contribution in [1.29, 1.82) is 0 Å². The maximum Gasteiger partial charge on any atom is 0.179 e. The Morgan fingerprint density at radius 1 is 0.290 bits per heavy atom. The molecule has 0 spiro atoms. The van der Waals surface area contributed by atoms with Gasteiger partial charge in [0.05, 0.1) is 0 Å². The Balaban J connectivity index is 0.988. The first-order chi connectivity index (χ1) is 30.7. The van der Waals surface area contributed by atoms with Gasteiger partial charge in [-0.2, -0.15) is 0 Å². The van der Waals surface area contributed by atoms with Gasteiger partial charge in [-0.05, 0) is 103 Å². The predicted octanol–water partition coefficient (Wildman–Crippen LogP) is 13.2. The highest BCUT2D eigenvalue weighted by atomic mass is 28.3. The Kier molecular flexibility index (Phi) is 8.51. The zero-order chi connectivity index (χ0) is 41.0. The summed E-state index contributed by atoms with van der Waals surface area (Å²) in [6.45, 7) is 0. The smallest absolute Gasteiger partial charge is 0.179 e. The normalized spacial score (nSPS) is 11.9. The topological polar surface area (TPSA) is 29.5 Å². The van der Waals surface area contributed by atoms with Crippen LogP contribution in [0.25, 0.3) is 65.8 Å². The molecule has 0 aliphatic heterocycles. The molecule has 0 N–H and O–H groups in total. The molecule has 0 saturated heterocycles. The molecule has 2 aromatic heterocycles. The molecule has 0 amide bonds. The van der Waals surface area contributed by atoms with Gasteiger partial charge in [0, 0.05) is 44.7 Å². The second-order valence-corrected chi connectivity index (χ2v) is 19.8. The molecule has 10 aromatic carbocycles. The van der Waals surface area contributed by atoms with Crippen molar-refractivity contribution in [2.45, 2.75) is 0 Å². The standard InChI is InChI=1S/C58H39NO2Si/c1-4-14-46(15-5-1)62(47-16-6-2-7-17-47,48-18-8-3-9-19-48)49-33-30-44(31-34-49)59(45-32-36-52-51-20-10-12-22-54(51)61-57(52)39-45)43-28-24-40(25-29-43)41-26-35-50-42(38-41)27-37-56-58(50)53-21-11-13-23-55(53)60-56/h1-39H. The monoisotopic (exact) mass is 809 g/mol. The van der Waals surface area contributed by atoms with E-state index in [1.54, 1.807) is 0 Å². The van der Waals surface area contributed by atoms with Gasteiger partial charge in [-0.25, -0.2) is 0 Å². The molecule has 4 heteroatoms. The van der Waals surface area contributed by atoms with Crippen LogP contribution in [0, 0.1) is 0 Å². The summed E-state index contributed by atoms with van der Waals surface area (Å²) in [6.07, 6.45) is 0. The molecule has 0 aliphatic rings. The number of rotatable bonds is 8. The molecule has 0 atom stereocenters. The molecule has 0 saturated carbocycles. The predicted molar refractivity (Wildman–Crippen MR) is 262 cm³/mol. The van der Waals surface area contributed by atoms with Crippen molar-refractivity contribution in [3.63, 3.8) is 0 Å². The Morgan fingerprint density at radius 2 is 0.758 bits per heavy atom. The van der Waals surface area contributed by atoms with E-state index in [-0.39, 0.29) is 0 Å². The molecule has 3 nitrogen and oxygen atoms in total. The van der Waals surface area contributed by atoms with Gasteiger partial charge in [-0.1, -0.05) is 170 Å². The van der Waals surface area contributed by atoms with Crippen molar-refractivity contribution in [3.8, 4) is 11.1 Å². The molecule has 0 radical (unpaired) electrons. The summed E-state index contributed by atoms with van der Waals surface area (Å²) in [5.74, 6) is 0. The van der Waals surface area contributed by atoms with Crippen LogP contribution in [0.1, 0.15) is 0 Å². The van der Waals surface area contributed by atoms with Crippen molar-refractivity contribution in [3.05, 3.63) is 237 Å². The molecule has 62 heavy (non-hydrogen) atoms. The van der Waals surface area contributed by atoms with Crippen molar-refractivity contribution in [2.24, 2.45) is 0 Å². The summed E-state index contributed by atoms with van der Waals surface area (Å²) in [5, 5.41) is 12.3. The Morgan fingerprint density at radius 3 is 1.40 bits per heavy atom. The van der Waals surface area contributed by atoms with Crippen molar-refractivity contribution >= 4 is 101 Å². The third-order valence-electron chi connectivity index (χ3n) is 12.6. The van der Waals surface area contributed by atoms with E-state index in [9.17, 15) is 0 Å². The second kappa shape index (κ2) is 14.7. The van der Waals surface area contributed by atoms with Gasteiger partial charge in [0.25, 0.3) is 0 Å². The fourth-order valence-electron chi connectivity index (χ4n) is 9.76. The quantitative estimate of drug-likeness (QED) is 0.113. The summed E-state index contributed by atoms with van der Waals surface area (Å²) in [5.41, 5.74) is 9.05. The summed E-state index contributed by atoms with van der Waals surface area (Å²) in [7, 11) is -2.70. The average molecular weight is 810 g/mol. The molecule has 292 valence electrons. The van der Waals surface area contributed by atoms with Gasteiger partial charge in [0.1, 0.15) is 22.3 Å². The van der Waals surface area contributed by atoms with Crippen LogP contribution in [0.2, 0.25) is 0 Å². The highest BCUT2D eigenvalue weighted by Crippen LogP contribution is 2.40. The van der Waals surface area contributed by atoms with Crippen molar-refractivity contribution in [2.75, 3.05) is 4.90 Å². The van der Waals surface area contributed by atoms with E-state index in [1.807, 2.05) is 24.3 Å². The first-order valence-corrected chi connectivity index (χ1v) is 23.2. The lowest BCUT2D eigenvalue weighted by atomic mass is 9.98. The van der Waals surface area contributed by atoms with Crippen LogP contribution in [-0.2, 0) is 0 Å². The van der Waals surface area contributed by atoms with Gasteiger partial charge in [-0.15, -0.1) is 0 Å². The molecular formula is C58H39NO2Si. The molecule has 0 unspecified atom stereocenters. The van der Waals surface area contributed by atoms with Crippen LogP contribution < -0.4 is 25.6 Å². The van der Waals surface area contributed by atoms with Gasteiger partial charge in [0.2, 0.25) is 0 Å². The molecular weight excluding hydrogens is 771 g/mol. The first kappa shape index (κ1) is 36.0. The van der Waals surface area contributed by atoms with E-state index >= 15 is 0 Å². The molecule has 12 aromatic rings. The Hall–Kier alpha value is -7.92. The zero-order valence-electron chi connectivity index (χ0n) is 33.8. The number of anilines is 3. The summed E-state index contributed by atoms with van der Waals surface area (Å²) in [4.78, 5) is 2.35. The lowest BCUT2D eigenvalue weighted by molar-refractivity contribution is 0.668. The van der Waals surface area contributed by atoms with E-state index in [0.29, 0.717) is 0 Å². The van der Waals surface area contributed by atoms with Crippen LogP contribution in [0.5, 0.6) is 0 Å². The largest absolute Gasteiger partial charge is 0.456 e. The van der Waals surface area contributed by atoms with Crippen LogP contribution in [0.4, 0.5) is 17.1 Å². The third kappa shape index (κ3) is 5.80. The Labute approximate surface area is 360 Å². The highest BCUT2D eigenvalue weighted by Gasteiger charge is 2.41. The lowest BCUT2D eigenvalue weighted by Gasteiger charge is -2.35. The van der Waals surface area contributed by atoms with E-state index < -0.39 is 8.07 Å². The molecule has 2 heterocycles. The van der Waals surface area contributed by atoms with Gasteiger partial charge in [-0.3, -0.25) is 0 Å². The summed E-state index contributed by atoms with van der Waals surface area (Å²) >= 11 is 0. The number of hydrogen-bond acceptors (Lipinski definition) is 3. The minimum Gasteiger partial charge on any atom is -0.456 e. The fraction of sp³-hybridized carbons (Fsp3) is 0. The SMILES string of the molecule is c1ccc([Si](c2ccccc2)(c2ccccc2)c2ccc(N(c3ccc(-c4ccc5c(ccc6oc7ccccc7c65)c4)cc3)c3ccc4c(c3)oc3ccccc34)cc2)cc1. The zero-order valence-corrected chi connectivity index (χ0v) is 34.8. The number of benzene rings is 10. The molecule has 12 rings (SSSR count). The number of furan rings is 2. The van der Waals surface area contributed by atoms with Gasteiger partial charge < -0.3 is 13.7 Å².